The molecular formula is C19H19NO5S. The van der Waals surface area contributed by atoms with Crippen LogP contribution < -0.4 is 4.74 Å². The molecule has 0 aliphatic rings. The standard InChI is InChI=1S/C19H19NO5S/c1-12(2)26(23,24)15-6-4-13(3)16(9-15)17-8-14(10-20)5-7-18(17)25-11-19(21)22/h4-9,12H,11H2,1-3H3,(H,21,22). The number of carboxylic acid groups (broad SMARTS) is 1. The van der Waals surface area contributed by atoms with Crippen molar-refractivity contribution in [2.24, 2.45) is 0 Å². The number of carbonyl (C=O) groups is 1. The van der Waals surface area contributed by atoms with Crippen LogP contribution in [0.15, 0.2) is 41.3 Å². The van der Waals surface area contributed by atoms with Crippen molar-refractivity contribution in [3.63, 3.8) is 0 Å². The summed E-state index contributed by atoms with van der Waals surface area (Å²) >= 11 is 0. The van der Waals surface area contributed by atoms with Crippen molar-refractivity contribution >= 4 is 15.8 Å². The minimum Gasteiger partial charge on any atom is -0.481 e. The minimum atomic E-state index is -3.48. The Labute approximate surface area is 152 Å². The summed E-state index contributed by atoms with van der Waals surface area (Å²) in [5.74, 6) is -0.859. The number of aryl methyl sites for hydroxylation is 1. The summed E-state index contributed by atoms with van der Waals surface area (Å²) in [5.41, 5.74) is 2.19. The van der Waals surface area contributed by atoms with E-state index in [0.717, 1.165) is 5.56 Å². The molecule has 0 radical (unpaired) electrons. The Morgan fingerprint density at radius 3 is 2.46 bits per heavy atom. The first kappa shape index (κ1) is 19.5. The van der Waals surface area contributed by atoms with Crippen molar-refractivity contribution < 1.29 is 23.1 Å². The molecule has 2 aromatic rings. The predicted octanol–water partition coefficient (Wildman–Crippen LogP) is 3.18. The second kappa shape index (κ2) is 7.58. The molecule has 6 nitrogen and oxygen atoms in total. The Kier molecular flexibility index (Phi) is 5.68. The molecule has 136 valence electrons. The molecule has 0 heterocycles. The lowest BCUT2D eigenvalue weighted by molar-refractivity contribution is -0.139. The van der Waals surface area contributed by atoms with Crippen LogP contribution in [0.5, 0.6) is 5.75 Å². The monoisotopic (exact) mass is 373 g/mol. The summed E-state index contributed by atoms with van der Waals surface area (Å²) in [4.78, 5) is 11.0. The van der Waals surface area contributed by atoms with Gasteiger partial charge in [-0.3, -0.25) is 0 Å². The van der Waals surface area contributed by atoms with Gasteiger partial charge in [0.15, 0.2) is 16.4 Å². The Bertz CT molecular complexity index is 987. The molecule has 2 rings (SSSR count). The topological polar surface area (TPSA) is 104 Å². The van der Waals surface area contributed by atoms with Crippen LogP contribution in [0.1, 0.15) is 25.0 Å². The van der Waals surface area contributed by atoms with Gasteiger partial charge in [0.2, 0.25) is 0 Å². The van der Waals surface area contributed by atoms with E-state index >= 15 is 0 Å². The first-order chi connectivity index (χ1) is 12.2. The fourth-order valence-electron chi connectivity index (χ4n) is 2.42. The summed E-state index contributed by atoms with van der Waals surface area (Å²) in [7, 11) is -3.48. The molecule has 0 unspecified atom stereocenters. The summed E-state index contributed by atoms with van der Waals surface area (Å²) < 4.78 is 30.3. The lowest BCUT2D eigenvalue weighted by atomic mass is 9.98. The van der Waals surface area contributed by atoms with Gasteiger partial charge in [0.1, 0.15) is 5.75 Å². The highest BCUT2D eigenvalue weighted by Crippen LogP contribution is 2.35. The number of hydrogen-bond donors (Lipinski definition) is 1. The average molecular weight is 373 g/mol. The SMILES string of the molecule is Cc1ccc(S(=O)(=O)C(C)C)cc1-c1cc(C#N)ccc1OCC(=O)O. The van der Waals surface area contributed by atoms with E-state index in [1.54, 1.807) is 39.0 Å². The highest BCUT2D eigenvalue weighted by atomic mass is 32.2. The van der Waals surface area contributed by atoms with Gasteiger partial charge in [-0.25, -0.2) is 13.2 Å². The third-order valence-electron chi connectivity index (χ3n) is 3.91. The number of hydrogen-bond acceptors (Lipinski definition) is 5. The highest BCUT2D eigenvalue weighted by Gasteiger charge is 2.21. The molecule has 0 spiro atoms. The fourth-order valence-corrected chi connectivity index (χ4v) is 3.50. The Hall–Kier alpha value is -2.85. The Balaban J connectivity index is 2.66. The summed E-state index contributed by atoms with van der Waals surface area (Å²) in [6.07, 6.45) is 0. The van der Waals surface area contributed by atoms with Gasteiger partial charge >= 0.3 is 5.97 Å². The molecule has 1 N–H and O–H groups in total. The van der Waals surface area contributed by atoms with E-state index in [4.69, 9.17) is 15.1 Å². The van der Waals surface area contributed by atoms with E-state index in [2.05, 4.69) is 0 Å². The molecule has 0 amide bonds. The van der Waals surface area contributed by atoms with Crippen molar-refractivity contribution in [2.75, 3.05) is 6.61 Å². The zero-order valence-corrected chi connectivity index (χ0v) is 15.5. The van der Waals surface area contributed by atoms with Crippen molar-refractivity contribution in [2.45, 2.75) is 30.9 Å². The maximum Gasteiger partial charge on any atom is 0.341 e. The van der Waals surface area contributed by atoms with E-state index in [1.807, 2.05) is 6.07 Å². The molecule has 2 aromatic carbocycles. The highest BCUT2D eigenvalue weighted by molar-refractivity contribution is 7.92. The number of rotatable bonds is 6. The summed E-state index contributed by atoms with van der Waals surface area (Å²) in [5, 5.41) is 17.4. The van der Waals surface area contributed by atoms with Crippen LogP contribution in [-0.2, 0) is 14.6 Å². The first-order valence-corrected chi connectivity index (χ1v) is 9.45. The van der Waals surface area contributed by atoms with E-state index in [0.29, 0.717) is 16.7 Å². The molecule has 0 atom stereocenters. The number of carboxylic acids is 1. The molecule has 0 aliphatic heterocycles. The first-order valence-electron chi connectivity index (χ1n) is 7.90. The number of benzene rings is 2. The van der Waals surface area contributed by atoms with Crippen LogP contribution >= 0.6 is 0 Å². The van der Waals surface area contributed by atoms with Crippen LogP contribution in [0.25, 0.3) is 11.1 Å². The van der Waals surface area contributed by atoms with E-state index < -0.39 is 27.7 Å². The Morgan fingerprint density at radius 1 is 1.19 bits per heavy atom. The van der Waals surface area contributed by atoms with Gasteiger partial charge in [0, 0.05) is 5.56 Å². The van der Waals surface area contributed by atoms with Crippen LogP contribution in [0.3, 0.4) is 0 Å². The van der Waals surface area contributed by atoms with Crippen LogP contribution in [0.4, 0.5) is 0 Å². The second-order valence-electron chi connectivity index (χ2n) is 6.08. The van der Waals surface area contributed by atoms with Crippen molar-refractivity contribution in [3.8, 4) is 22.9 Å². The molecule has 7 heteroatoms. The molecule has 0 bridgehead atoms. The van der Waals surface area contributed by atoms with Gasteiger partial charge in [-0.1, -0.05) is 6.07 Å². The maximum atomic E-state index is 12.5. The maximum absolute atomic E-state index is 12.5. The average Bonchev–Trinajstić information content (AvgIpc) is 2.59. The lowest BCUT2D eigenvalue weighted by Gasteiger charge is -2.15. The third-order valence-corrected chi connectivity index (χ3v) is 6.06. The van der Waals surface area contributed by atoms with Gasteiger partial charge in [-0.15, -0.1) is 0 Å². The van der Waals surface area contributed by atoms with E-state index in [9.17, 15) is 13.2 Å². The lowest BCUT2D eigenvalue weighted by Crippen LogP contribution is -2.14. The van der Waals surface area contributed by atoms with Crippen molar-refractivity contribution in [3.05, 3.63) is 47.5 Å². The van der Waals surface area contributed by atoms with Gasteiger partial charge in [0.25, 0.3) is 0 Å². The number of ether oxygens (including phenoxy) is 1. The second-order valence-corrected chi connectivity index (χ2v) is 8.58. The van der Waals surface area contributed by atoms with Gasteiger partial charge in [-0.05, 0) is 62.2 Å². The van der Waals surface area contributed by atoms with Gasteiger partial charge < -0.3 is 9.84 Å². The number of nitrogens with zero attached hydrogens (tertiary/aromatic N) is 1. The third kappa shape index (κ3) is 4.03. The molecule has 0 saturated heterocycles. The van der Waals surface area contributed by atoms with Crippen LogP contribution in [0.2, 0.25) is 0 Å². The molecule has 0 saturated carbocycles. The quantitative estimate of drug-likeness (QED) is 0.834. The van der Waals surface area contributed by atoms with Gasteiger partial charge in [0.05, 0.1) is 21.8 Å². The van der Waals surface area contributed by atoms with Crippen molar-refractivity contribution in [1.82, 2.24) is 0 Å². The molecular weight excluding hydrogens is 354 g/mol. The zero-order valence-electron chi connectivity index (χ0n) is 14.7. The smallest absolute Gasteiger partial charge is 0.341 e. The fraction of sp³-hybridized carbons (Fsp3) is 0.263. The number of aliphatic carboxylic acids is 1. The number of sulfone groups is 1. The van der Waals surface area contributed by atoms with Crippen molar-refractivity contribution in [1.29, 1.82) is 5.26 Å². The zero-order chi connectivity index (χ0) is 19.5. The summed E-state index contributed by atoms with van der Waals surface area (Å²) in [6.45, 7) is 4.47. The summed E-state index contributed by atoms with van der Waals surface area (Å²) in [6, 6.07) is 11.4. The molecule has 26 heavy (non-hydrogen) atoms. The van der Waals surface area contributed by atoms with E-state index in [1.165, 1.54) is 18.2 Å². The van der Waals surface area contributed by atoms with Gasteiger partial charge in [-0.2, -0.15) is 5.26 Å². The minimum absolute atomic E-state index is 0.166. The molecule has 0 aromatic heterocycles. The van der Waals surface area contributed by atoms with Crippen LogP contribution in [-0.4, -0.2) is 31.4 Å². The van der Waals surface area contributed by atoms with E-state index in [-0.39, 0.29) is 10.6 Å². The Morgan fingerprint density at radius 2 is 1.88 bits per heavy atom. The molecule has 0 fully saturated rings. The van der Waals surface area contributed by atoms with Crippen LogP contribution in [0, 0.1) is 18.3 Å². The largest absolute Gasteiger partial charge is 0.481 e. The normalized spacial score (nSPS) is 11.2. The predicted molar refractivity (Wildman–Crippen MR) is 96.8 cm³/mol. The number of nitriles is 1. The molecule has 0 aliphatic carbocycles.